The molecule has 84 valence electrons. The molecule has 0 N–H and O–H groups in total. The molecule has 3 nitrogen and oxygen atoms in total. The summed E-state index contributed by atoms with van der Waals surface area (Å²) in [6.45, 7) is 4.77. The number of fused-ring (bicyclic) bond motifs is 2. The lowest BCUT2D eigenvalue weighted by atomic mass is 9.89. The summed E-state index contributed by atoms with van der Waals surface area (Å²) < 4.78 is 0. The van der Waals surface area contributed by atoms with Crippen molar-refractivity contribution in [3.63, 3.8) is 0 Å². The van der Waals surface area contributed by atoms with Gasteiger partial charge >= 0.3 is 0 Å². The number of piperidine rings is 1. The van der Waals surface area contributed by atoms with Crippen LogP contribution in [0.2, 0.25) is 0 Å². The zero-order valence-corrected chi connectivity index (χ0v) is 9.48. The molecule has 1 fully saturated rings. The molecule has 0 saturated carbocycles. The number of carbonyl (C=O) groups is 1. The second-order valence-corrected chi connectivity index (χ2v) is 4.49. The molecule has 0 aromatic carbocycles. The highest BCUT2D eigenvalue weighted by Crippen LogP contribution is 2.35. The summed E-state index contributed by atoms with van der Waals surface area (Å²) in [5.74, 6) is 0.674. The van der Waals surface area contributed by atoms with Gasteiger partial charge in [0.05, 0.1) is 12.6 Å². The van der Waals surface area contributed by atoms with E-state index in [0.29, 0.717) is 12.5 Å². The molecule has 0 aromatic rings. The second-order valence-electron chi connectivity index (χ2n) is 4.49. The number of unbranched alkanes of at least 4 members (excludes halogenated alkanes) is 1. The first-order chi connectivity index (χ1) is 7.24. The van der Waals surface area contributed by atoms with Gasteiger partial charge in [0.2, 0.25) is 5.91 Å². The molecule has 2 bridgehead atoms. The average Bonchev–Trinajstić information content (AvgIpc) is 2.67. The molecule has 0 spiro atoms. The van der Waals surface area contributed by atoms with Crippen LogP contribution in [-0.2, 0) is 9.63 Å². The summed E-state index contributed by atoms with van der Waals surface area (Å²) >= 11 is 0. The highest BCUT2D eigenvalue weighted by atomic mass is 16.7. The van der Waals surface area contributed by atoms with Gasteiger partial charge in [0, 0.05) is 5.92 Å². The van der Waals surface area contributed by atoms with Crippen LogP contribution in [-0.4, -0.2) is 23.6 Å². The molecular formula is C12H19NO2. The number of hydrogen-bond acceptors (Lipinski definition) is 2. The van der Waals surface area contributed by atoms with Gasteiger partial charge in [0.25, 0.3) is 0 Å². The first-order valence-corrected chi connectivity index (χ1v) is 5.88. The molecule has 1 heterocycles. The van der Waals surface area contributed by atoms with Crippen molar-refractivity contribution < 1.29 is 9.63 Å². The Morgan fingerprint density at radius 3 is 3.07 bits per heavy atom. The van der Waals surface area contributed by atoms with Crippen molar-refractivity contribution in [2.75, 3.05) is 6.61 Å². The summed E-state index contributed by atoms with van der Waals surface area (Å²) in [5.41, 5.74) is 0. The van der Waals surface area contributed by atoms with Crippen LogP contribution in [0.5, 0.6) is 0 Å². The third-order valence-electron chi connectivity index (χ3n) is 3.37. The molecule has 1 amide bonds. The van der Waals surface area contributed by atoms with Crippen molar-refractivity contribution in [1.82, 2.24) is 5.06 Å². The number of rotatable bonds is 4. The average molecular weight is 209 g/mol. The number of hydrogen-bond donors (Lipinski definition) is 0. The predicted octanol–water partition coefficient (Wildman–Crippen LogP) is 2.14. The Labute approximate surface area is 91.0 Å². The van der Waals surface area contributed by atoms with Crippen LogP contribution in [0, 0.1) is 11.8 Å². The van der Waals surface area contributed by atoms with E-state index in [0.717, 1.165) is 19.3 Å². The van der Waals surface area contributed by atoms with Crippen LogP contribution in [0.1, 0.15) is 33.1 Å². The summed E-state index contributed by atoms with van der Waals surface area (Å²) in [7, 11) is 0. The van der Waals surface area contributed by atoms with Crippen molar-refractivity contribution in [3.05, 3.63) is 12.2 Å². The minimum Gasteiger partial charge on any atom is -0.272 e. The van der Waals surface area contributed by atoms with Gasteiger partial charge in [-0.15, -0.1) is 0 Å². The minimum absolute atomic E-state index is 0.0848. The van der Waals surface area contributed by atoms with E-state index in [-0.39, 0.29) is 17.9 Å². The third kappa shape index (κ3) is 1.93. The largest absolute Gasteiger partial charge is 0.272 e. The first kappa shape index (κ1) is 10.7. The topological polar surface area (TPSA) is 29.5 Å². The maximum atomic E-state index is 11.9. The monoisotopic (exact) mass is 209 g/mol. The Morgan fingerprint density at radius 1 is 1.53 bits per heavy atom. The zero-order valence-electron chi connectivity index (χ0n) is 9.48. The van der Waals surface area contributed by atoms with Gasteiger partial charge in [-0.05, 0) is 18.8 Å². The fraction of sp³-hybridized carbons (Fsp3) is 0.750. The molecule has 0 aromatic heterocycles. The summed E-state index contributed by atoms with van der Waals surface area (Å²) in [6, 6.07) is 0.190. The molecule has 15 heavy (non-hydrogen) atoms. The minimum atomic E-state index is 0.0848. The molecule has 3 atom stereocenters. The van der Waals surface area contributed by atoms with E-state index in [4.69, 9.17) is 4.84 Å². The van der Waals surface area contributed by atoms with Crippen LogP contribution < -0.4 is 0 Å². The molecule has 1 aliphatic carbocycles. The fourth-order valence-electron chi connectivity index (χ4n) is 2.27. The predicted molar refractivity (Wildman–Crippen MR) is 57.9 cm³/mol. The smallest absolute Gasteiger partial charge is 0.250 e. The Hall–Kier alpha value is -0.830. The van der Waals surface area contributed by atoms with Crippen LogP contribution in [0.25, 0.3) is 0 Å². The highest BCUT2D eigenvalue weighted by Gasteiger charge is 2.41. The van der Waals surface area contributed by atoms with Crippen molar-refractivity contribution in [1.29, 1.82) is 0 Å². The quantitative estimate of drug-likeness (QED) is 0.524. The number of amides is 1. The Balaban J connectivity index is 1.97. The molecule has 2 rings (SSSR count). The SMILES string of the molecule is CCCCON1C(=O)[C@@H](C)[C@H]2C=C[C@@H]1C2. The molecule has 2 aliphatic rings. The van der Waals surface area contributed by atoms with E-state index >= 15 is 0 Å². The first-order valence-electron chi connectivity index (χ1n) is 5.88. The number of nitrogens with zero attached hydrogens (tertiary/aromatic N) is 1. The number of carbonyl (C=O) groups excluding carboxylic acids is 1. The van der Waals surface area contributed by atoms with Crippen molar-refractivity contribution in [2.24, 2.45) is 11.8 Å². The third-order valence-corrected chi connectivity index (χ3v) is 3.37. The van der Waals surface area contributed by atoms with Crippen molar-refractivity contribution in [2.45, 2.75) is 39.2 Å². The lowest BCUT2D eigenvalue weighted by Crippen LogP contribution is -2.47. The van der Waals surface area contributed by atoms with E-state index in [2.05, 4.69) is 19.1 Å². The Bertz CT molecular complexity index is 275. The maximum absolute atomic E-state index is 11.9. The highest BCUT2D eigenvalue weighted by molar-refractivity contribution is 5.80. The molecule has 0 unspecified atom stereocenters. The van der Waals surface area contributed by atoms with Crippen LogP contribution in [0.4, 0.5) is 0 Å². The zero-order chi connectivity index (χ0) is 10.8. The summed E-state index contributed by atoms with van der Waals surface area (Å²) in [4.78, 5) is 17.5. The molecule has 0 radical (unpaired) electrons. The van der Waals surface area contributed by atoms with Crippen molar-refractivity contribution >= 4 is 5.91 Å². The molecular weight excluding hydrogens is 190 g/mol. The Morgan fingerprint density at radius 2 is 2.33 bits per heavy atom. The van der Waals surface area contributed by atoms with Gasteiger partial charge in [-0.2, -0.15) is 0 Å². The lowest BCUT2D eigenvalue weighted by Gasteiger charge is -2.35. The Kier molecular flexibility index (Phi) is 3.10. The van der Waals surface area contributed by atoms with Gasteiger partial charge < -0.3 is 0 Å². The van der Waals surface area contributed by atoms with Crippen LogP contribution >= 0.6 is 0 Å². The van der Waals surface area contributed by atoms with E-state index in [1.807, 2.05) is 6.92 Å². The second kappa shape index (κ2) is 4.35. The number of hydroxylamine groups is 2. The van der Waals surface area contributed by atoms with Gasteiger partial charge in [0.1, 0.15) is 0 Å². The van der Waals surface area contributed by atoms with Crippen LogP contribution in [0.15, 0.2) is 12.2 Å². The summed E-state index contributed by atoms with van der Waals surface area (Å²) in [5, 5.41) is 1.60. The normalized spacial score (nSPS) is 33.9. The van der Waals surface area contributed by atoms with E-state index in [1.165, 1.54) is 0 Å². The van der Waals surface area contributed by atoms with E-state index in [1.54, 1.807) is 5.06 Å². The van der Waals surface area contributed by atoms with E-state index in [9.17, 15) is 4.79 Å². The van der Waals surface area contributed by atoms with Gasteiger partial charge in [0.15, 0.2) is 0 Å². The van der Waals surface area contributed by atoms with E-state index < -0.39 is 0 Å². The number of allylic oxidation sites excluding steroid dienone is 1. The molecule has 1 aliphatic heterocycles. The fourth-order valence-corrected chi connectivity index (χ4v) is 2.27. The van der Waals surface area contributed by atoms with Crippen LogP contribution in [0.3, 0.4) is 0 Å². The molecule has 3 heteroatoms. The molecule has 1 saturated heterocycles. The van der Waals surface area contributed by atoms with Gasteiger partial charge in [-0.25, -0.2) is 5.06 Å². The standard InChI is InChI=1S/C12H19NO2/c1-3-4-7-15-13-11-6-5-10(8-11)9(2)12(13)14/h5-6,9-11H,3-4,7-8H2,1-2H3/t9-,10-,11+/m0/s1. The lowest BCUT2D eigenvalue weighted by molar-refractivity contribution is -0.207. The van der Waals surface area contributed by atoms with Gasteiger partial charge in [-0.3, -0.25) is 9.63 Å². The maximum Gasteiger partial charge on any atom is 0.250 e. The van der Waals surface area contributed by atoms with Gasteiger partial charge in [-0.1, -0.05) is 32.4 Å². The summed E-state index contributed by atoms with van der Waals surface area (Å²) in [6.07, 6.45) is 7.42. The van der Waals surface area contributed by atoms with Crippen molar-refractivity contribution in [3.8, 4) is 0 Å².